The number of carbonyl (C=O) groups excluding carboxylic acids is 1. The van der Waals surface area contributed by atoms with Crippen LogP contribution in [0, 0.1) is 3.57 Å². The summed E-state index contributed by atoms with van der Waals surface area (Å²) in [5.41, 5.74) is 0.258. The Morgan fingerprint density at radius 2 is 2.40 bits per heavy atom. The molecule has 0 atom stereocenters. The maximum Gasteiger partial charge on any atom is 0.252 e. The number of halogens is 1. The minimum atomic E-state index is -0.358. The number of carbonyl (C=O) groups is 1. The lowest BCUT2D eigenvalue weighted by atomic mass is 10.2. The van der Waals surface area contributed by atoms with Gasteiger partial charge in [-0.3, -0.25) is 9.78 Å². The quantitative estimate of drug-likeness (QED) is 0.816. The number of nitrogens with one attached hydrogen (secondary N) is 1. The first-order chi connectivity index (χ1) is 7.17. The Balaban J connectivity index is 2.12. The van der Waals surface area contributed by atoms with E-state index in [1.165, 1.54) is 0 Å². The third-order valence-electron chi connectivity index (χ3n) is 2.55. The molecule has 0 bridgehead atoms. The van der Waals surface area contributed by atoms with E-state index in [0.29, 0.717) is 5.56 Å². The standard InChI is InChI=1S/C10H11IN2O2/c11-8-5-12-4-1-7(8)9(15)13-10(6-14)2-3-10/h1,4-5,14H,2-3,6H2,(H,13,15). The molecule has 0 spiro atoms. The van der Waals surface area contributed by atoms with Gasteiger partial charge < -0.3 is 10.4 Å². The molecule has 1 fully saturated rings. The minimum absolute atomic E-state index is 0.0143. The number of pyridine rings is 1. The van der Waals surface area contributed by atoms with E-state index in [0.717, 1.165) is 16.4 Å². The summed E-state index contributed by atoms with van der Waals surface area (Å²) in [7, 11) is 0. The van der Waals surface area contributed by atoms with Crippen molar-refractivity contribution in [3.63, 3.8) is 0 Å². The fourth-order valence-corrected chi connectivity index (χ4v) is 1.93. The molecule has 15 heavy (non-hydrogen) atoms. The molecule has 1 aromatic heterocycles. The topological polar surface area (TPSA) is 62.2 Å². The average molecular weight is 318 g/mol. The van der Waals surface area contributed by atoms with Crippen LogP contribution < -0.4 is 5.32 Å². The summed E-state index contributed by atoms with van der Waals surface area (Å²) < 4.78 is 0.821. The number of aliphatic hydroxyl groups is 1. The smallest absolute Gasteiger partial charge is 0.252 e. The molecule has 0 aromatic carbocycles. The van der Waals surface area contributed by atoms with E-state index in [1.807, 2.05) is 0 Å². The van der Waals surface area contributed by atoms with Crippen LogP contribution in [-0.4, -0.2) is 28.1 Å². The predicted molar refractivity (Wildman–Crippen MR) is 63.5 cm³/mol. The van der Waals surface area contributed by atoms with Crippen molar-refractivity contribution in [2.45, 2.75) is 18.4 Å². The van der Waals surface area contributed by atoms with Gasteiger partial charge in [0, 0.05) is 16.0 Å². The summed E-state index contributed by atoms with van der Waals surface area (Å²) in [6, 6.07) is 1.69. The highest BCUT2D eigenvalue weighted by molar-refractivity contribution is 14.1. The second-order valence-corrected chi connectivity index (χ2v) is 4.91. The molecular formula is C10H11IN2O2. The Kier molecular flexibility index (Phi) is 2.92. The molecule has 80 valence electrons. The van der Waals surface area contributed by atoms with E-state index >= 15 is 0 Å². The van der Waals surface area contributed by atoms with Gasteiger partial charge in [-0.15, -0.1) is 0 Å². The number of hydrogen-bond acceptors (Lipinski definition) is 3. The lowest BCUT2D eigenvalue weighted by Crippen LogP contribution is -2.39. The van der Waals surface area contributed by atoms with Gasteiger partial charge in [0.15, 0.2) is 0 Å². The first kappa shape index (κ1) is 10.8. The van der Waals surface area contributed by atoms with E-state index < -0.39 is 0 Å². The Morgan fingerprint density at radius 1 is 1.67 bits per heavy atom. The fraction of sp³-hybridized carbons (Fsp3) is 0.400. The molecular weight excluding hydrogens is 307 g/mol. The Labute approximate surface area is 101 Å². The highest BCUT2D eigenvalue weighted by atomic mass is 127. The molecule has 1 aliphatic rings. The number of aromatic nitrogens is 1. The third-order valence-corrected chi connectivity index (χ3v) is 3.41. The summed E-state index contributed by atoms with van der Waals surface area (Å²) in [4.78, 5) is 15.7. The molecule has 1 amide bonds. The predicted octanol–water partition coefficient (Wildman–Crippen LogP) is 0.941. The van der Waals surface area contributed by atoms with Crippen LogP contribution in [0.25, 0.3) is 0 Å². The zero-order chi connectivity index (χ0) is 10.9. The SMILES string of the molecule is O=C(NC1(CO)CC1)c1ccncc1I. The lowest BCUT2D eigenvalue weighted by Gasteiger charge is -2.14. The molecule has 0 aliphatic heterocycles. The van der Waals surface area contributed by atoms with Crippen molar-refractivity contribution in [1.82, 2.24) is 10.3 Å². The monoisotopic (exact) mass is 318 g/mol. The van der Waals surface area contributed by atoms with E-state index in [4.69, 9.17) is 5.11 Å². The van der Waals surface area contributed by atoms with Crippen molar-refractivity contribution in [2.75, 3.05) is 6.61 Å². The third kappa shape index (κ3) is 2.28. The van der Waals surface area contributed by atoms with Crippen LogP contribution >= 0.6 is 22.6 Å². The summed E-state index contributed by atoms with van der Waals surface area (Å²) in [5, 5.41) is 11.9. The van der Waals surface area contributed by atoms with Crippen molar-refractivity contribution in [3.05, 3.63) is 27.6 Å². The van der Waals surface area contributed by atoms with Crippen LogP contribution in [0.5, 0.6) is 0 Å². The van der Waals surface area contributed by atoms with Crippen molar-refractivity contribution < 1.29 is 9.90 Å². The molecule has 0 unspecified atom stereocenters. The van der Waals surface area contributed by atoms with E-state index in [-0.39, 0.29) is 18.1 Å². The fourth-order valence-electron chi connectivity index (χ4n) is 1.34. The summed E-state index contributed by atoms with van der Waals surface area (Å²) in [5.74, 6) is -0.131. The van der Waals surface area contributed by atoms with E-state index in [9.17, 15) is 4.79 Å². The van der Waals surface area contributed by atoms with Gasteiger partial charge in [0.1, 0.15) is 0 Å². The summed E-state index contributed by atoms with van der Waals surface area (Å²) in [6.07, 6.45) is 4.96. The van der Waals surface area contributed by atoms with E-state index in [2.05, 4.69) is 32.9 Å². The van der Waals surface area contributed by atoms with Crippen LogP contribution in [-0.2, 0) is 0 Å². The Morgan fingerprint density at radius 3 is 2.93 bits per heavy atom. The van der Waals surface area contributed by atoms with Crippen LogP contribution in [0.2, 0.25) is 0 Å². The zero-order valence-corrected chi connectivity index (χ0v) is 10.2. The van der Waals surface area contributed by atoms with Gasteiger partial charge in [0.25, 0.3) is 5.91 Å². The van der Waals surface area contributed by atoms with Gasteiger partial charge in [0.05, 0.1) is 17.7 Å². The van der Waals surface area contributed by atoms with Gasteiger partial charge in [-0.2, -0.15) is 0 Å². The Hall–Kier alpha value is -0.690. The number of hydrogen-bond donors (Lipinski definition) is 2. The van der Waals surface area contributed by atoms with Gasteiger partial charge in [0.2, 0.25) is 0 Å². The normalized spacial score (nSPS) is 17.2. The van der Waals surface area contributed by atoms with Gasteiger partial charge in [-0.1, -0.05) is 0 Å². The molecule has 0 saturated heterocycles. The van der Waals surface area contributed by atoms with Crippen molar-refractivity contribution >= 4 is 28.5 Å². The molecule has 1 saturated carbocycles. The first-order valence-corrected chi connectivity index (χ1v) is 5.78. The van der Waals surface area contributed by atoms with Crippen LogP contribution in [0.4, 0.5) is 0 Å². The van der Waals surface area contributed by atoms with Crippen LogP contribution in [0.3, 0.4) is 0 Å². The molecule has 2 rings (SSSR count). The molecule has 1 heterocycles. The van der Waals surface area contributed by atoms with Crippen molar-refractivity contribution in [2.24, 2.45) is 0 Å². The maximum absolute atomic E-state index is 11.8. The van der Waals surface area contributed by atoms with Crippen LogP contribution in [0.1, 0.15) is 23.2 Å². The van der Waals surface area contributed by atoms with Crippen LogP contribution in [0.15, 0.2) is 18.5 Å². The summed E-state index contributed by atoms with van der Waals surface area (Å²) >= 11 is 2.07. The number of amides is 1. The lowest BCUT2D eigenvalue weighted by molar-refractivity contribution is 0.0906. The molecule has 1 aromatic rings. The number of aliphatic hydroxyl groups excluding tert-OH is 1. The number of nitrogens with zero attached hydrogens (tertiary/aromatic N) is 1. The second-order valence-electron chi connectivity index (χ2n) is 3.75. The van der Waals surface area contributed by atoms with Crippen molar-refractivity contribution in [3.8, 4) is 0 Å². The minimum Gasteiger partial charge on any atom is -0.394 e. The van der Waals surface area contributed by atoms with Gasteiger partial charge >= 0.3 is 0 Å². The summed E-state index contributed by atoms with van der Waals surface area (Å²) in [6.45, 7) is 0.0143. The zero-order valence-electron chi connectivity index (χ0n) is 8.03. The second kappa shape index (κ2) is 4.05. The van der Waals surface area contributed by atoms with Gasteiger partial charge in [-0.25, -0.2) is 0 Å². The molecule has 0 radical (unpaired) electrons. The highest BCUT2D eigenvalue weighted by Crippen LogP contribution is 2.34. The molecule has 2 N–H and O–H groups in total. The van der Waals surface area contributed by atoms with Crippen molar-refractivity contribution in [1.29, 1.82) is 0 Å². The highest BCUT2D eigenvalue weighted by Gasteiger charge is 2.43. The molecule has 1 aliphatic carbocycles. The Bertz CT molecular complexity index is 391. The molecule has 4 nitrogen and oxygen atoms in total. The average Bonchev–Trinajstić information content (AvgIpc) is 2.99. The van der Waals surface area contributed by atoms with E-state index in [1.54, 1.807) is 18.5 Å². The largest absolute Gasteiger partial charge is 0.394 e. The van der Waals surface area contributed by atoms with Gasteiger partial charge in [-0.05, 0) is 41.5 Å². The number of rotatable bonds is 3. The first-order valence-electron chi connectivity index (χ1n) is 4.70. The maximum atomic E-state index is 11.8. The molecule has 5 heteroatoms.